The number of nitro groups is 1. The minimum atomic E-state index is -0.874. The van der Waals surface area contributed by atoms with Crippen LogP contribution in [-0.4, -0.2) is 29.5 Å². The molecule has 0 saturated heterocycles. The largest absolute Gasteiger partial charge is 0.489 e. The third-order valence-corrected chi connectivity index (χ3v) is 3.43. The van der Waals surface area contributed by atoms with Gasteiger partial charge in [-0.3, -0.25) is 19.7 Å². The fourth-order valence-electron chi connectivity index (χ4n) is 1.99. The number of nitrogens with zero attached hydrogens (tertiary/aromatic N) is 2. The summed E-state index contributed by atoms with van der Waals surface area (Å²) in [6.07, 6.45) is 2.85. The summed E-state index contributed by atoms with van der Waals surface area (Å²) in [5, 5.41) is 16.7. The van der Waals surface area contributed by atoms with E-state index in [2.05, 4.69) is 22.4 Å². The molecule has 0 saturated carbocycles. The van der Waals surface area contributed by atoms with E-state index < -0.39 is 16.7 Å². The second kappa shape index (κ2) is 10.2. The van der Waals surface area contributed by atoms with Crippen LogP contribution in [0.1, 0.15) is 11.1 Å². The Kier molecular flexibility index (Phi) is 7.41. The standard InChI is InChI=1S/C19H18N4O5/c1-2-11-20-18(24)19(25)22-21-12-14-5-9-17(10-6-14)28-13-15-3-7-16(8-4-15)23(26)27/h2-10,12H,1,11,13H2,(H,20,24)(H,22,25)/b21-12+. The molecule has 0 bridgehead atoms. The number of ether oxygens (including phenoxy) is 1. The maximum atomic E-state index is 11.4. The van der Waals surface area contributed by atoms with E-state index in [-0.39, 0.29) is 18.8 Å². The number of rotatable bonds is 8. The highest BCUT2D eigenvalue weighted by Crippen LogP contribution is 2.16. The van der Waals surface area contributed by atoms with Crippen molar-refractivity contribution >= 4 is 23.7 Å². The molecule has 2 rings (SSSR count). The number of carbonyl (C=O) groups is 2. The number of hydrazone groups is 1. The second-order valence-corrected chi connectivity index (χ2v) is 5.48. The number of non-ortho nitro benzene ring substituents is 1. The Morgan fingerprint density at radius 3 is 2.39 bits per heavy atom. The number of nitro benzene ring substituents is 1. The molecule has 0 heterocycles. The predicted molar refractivity (Wildman–Crippen MR) is 103 cm³/mol. The summed E-state index contributed by atoms with van der Waals surface area (Å²) in [5.41, 5.74) is 3.63. The summed E-state index contributed by atoms with van der Waals surface area (Å²) < 4.78 is 5.61. The van der Waals surface area contributed by atoms with E-state index >= 15 is 0 Å². The van der Waals surface area contributed by atoms with Gasteiger partial charge in [0.25, 0.3) is 5.69 Å². The monoisotopic (exact) mass is 382 g/mol. The Bertz CT molecular complexity index is 876. The third-order valence-electron chi connectivity index (χ3n) is 3.43. The number of hydrogen-bond donors (Lipinski definition) is 2. The van der Waals surface area contributed by atoms with Crippen LogP contribution in [-0.2, 0) is 16.2 Å². The molecule has 0 aliphatic carbocycles. The average molecular weight is 382 g/mol. The highest BCUT2D eigenvalue weighted by molar-refractivity contribution is 6.35. The number of benzene rings is 2. The Morgan fingerprint density at radius 1 is 1.11 bits per heavy atom. The zero-order valence-electron chi connectivity index (χ0n) is 14.8. The molecule has 0 fully saturated rings. The van der Waals surface area contributed by atoms with Gasteiger partial charge in [-0.1, -0.05) is 6.08 Å². The van der Waals surface area contributed by atoms with E-state index in [0.29, 0.717) is 11.3 Å². The third kappa shape index (κ3) is 6.37. The molecule has 9 nitrogen and oxygen atoms in total. The highest BCUT2D eigenvalue weighted by Gasteiger charge is 2.10. The first-order valence-corrected chi connectivity index (χ1v) is 8.18. The Balaban J connectivity index is 1.82. The van der Waals surface area contributed by atoms with Crippen molar-refractivity contribution in [3.63, 3.8) is 0 Å². The van der Waals surface area contributed by atoms with Gasteiger partial charge in [0, 0.05) is 18.7 Å². The maximum absolute atomic E-state index is 11.4. The zero-order chi connectivity index (χ0) is 20.4. The van der Waals surface area contributed by atoms with Gasteiger partial charge in [-0.25, -0.2) is 5.43 Å². The summed E-state index contributed by atoms with van der Waals surface area (Å²) in [7, 11) is 0. The van der Waals surface area contributed by atoms with Gasteiger partial charge in [0.05, 0.1) is 11.1 Å². The van der Waals surface area contributed by atoms with E-state index in [0.717, 1.165) is 5.56 Å². The normalized spacial score (nSPS) is 10.3. The lowest BCUT2D eigenvalue weighted by molar-refractivity contribution is -0.384. The van der Waals surface area contributed by atoms with Gasteiger partial charge in [-0.2, -0.15) is 5.10 Å². The molecule has 0 aliphatic rings. The molecule has 0 aliphatic heterocycles. The molecular weight excluding hydrogens is 364 g/mol. The van der Waals surface area contributed by atoms with Crippen LogP contribution >= 0.6 is 0 Å². The molecule has 9 heteroatoms. The Labute approximate surface area is 160 Å². The van der Waals surface area contributed by atoms with Crippen molar-refractivity contribution in [2.24, 2.45) is 5.10 Å². The lowest BCUT2D eigenvalue weighted by Crippen LogP contribution is -2.37. The fourth-order valence-corrected chi connectivity index (χ4v) is 1.99. The topological polar surface area (TPSA) is 123 Å². The first-order valence-electron chi connectivity index (χ1n) is 8.18. The summed E-state index contributed by atoms with van der Waals surface area (Å²) in [6.45, 7) is 3.89. The first-order chi connectivity index (χ1) is 13.5. The molecule has 2 N–H and O–H groups in total. The van der Waals surface area contributed by atoms with Crippen LogP contribution in [0.3, 0.4) is 0 Å². The molecule has 0 radical (unpaired) electrons. The van der Waals surface area contributed by atoms with Crippen molar-refractivity contribution in [2.75, 3.05) is 6.54 Å². The van der Waals surface area contributed by atoms with Gasteiger partial charge in [0.2, 0.25) is 0 Å². The van der Waals surface area contributed by atoms with Gasteiger partial charge in [-0.05, 0) is 47.5 Å². The van der Waals surface area contributed by atoms with Crippen LogP contribution in [0.2, 0.25) is 0 Å². The Morgan fingerprint density at radius 2 is 1.79 bits per heavy atom. The number of amides is 2. The zero-order valence-corrected chi connectivity index (χ0v) is 14.8. The SMILES string of the molecule is C=CCNC(=O)C(=O)N/N=C/c1ccc(OCc2ccc([N+](=O)[O-])cc2)cc1. The van der Waals surface area contributed by atoms with Crippen LogP contribution in [0.15, 0.2) is 66.3 Å². The van der Waals surface area contributed by atoms with Crippen molar-refractivity contribution in [3.05, 3.63) is 82.4 Å². The van der Waals surface area contributed by atoms with E-state index in [4.69, 9.17) is 4.74 Å². The highest BCUT2D eigenvalue weighted by atomic mass is 16.6. The van der Waals surface area contributed by atoms with Crippen molar-refractivity contribution in [2.45, 2.75) is 6.61 Å². The molecule has 28 heavy (non-hydrogen) atoms. The van der Waals surface area contributed by atoms with E-state index in [1.807, 2.05) is 0 Å². The van der Waals surface area contributed by atoms with Gasteiger partial charge < -0.3 is 10.1 Å². The second-order valence-electron chi connectivity index (χ2n) is 5.48. The van der Waals surface area contributed by atoms with Crippen molar-refractivity contribution in [1.29, 1.82) is 0 Å². The minimum Gasteiger partial charge on any atom is -0.489 e. The van der Waals surface area contributed by atoms with Crippen molar-refractivity contribution in [3.8, 4) is 5.75 Å². The first kappa shape index (κ1) is 20.3. The minimum absolute atomic E-state index is 0.0256. The summed E-state index contributed by atoms with van der Waals surface area (Å²) >= 11 is 0. The van der Waals surface area contributed by atoms with Crippen LogP contribution in [0.5, 0.6) is 5.75 Å². The molecule has 2 aromatic rings. The summed E-state index contributed by atoms with van der Waals surface area (Å²) in [6, 6.07) is 13.0. The lowest BCUT2D eigenvalue weighted by atomic mass is 10.2. The van der Waals surface area contributed by atoms with Crippen LogP contribution in [0.4, 0.5) is 5.69 Å². The van der Waals surface area contributed by atoms with E-state index in [1.165, 1.54) is 24.4 Å². The number of nitrogens with one attached hydrogen (secondary N) is 2. The molecule has 0 aromatic heterocycles. The van der Waals surface area contributed by atoms with Gasteiger partial charge in [0.15, 0.2) is 0 Å². The average Bonchev–Trinajstić information content (AvgIpc) is 2.71. The summed E-state index contributed by atoms with van der Waals surface area (Å²) in [5.74, 6) is -1.07. The molecule has 0 spiro atoms. The smallest absolute Gasteiger partial charge is 0.329 e. The molecule has 144 valence electrons. The van der Waals surface area contributed by atoms with Gasteiger partial charge >= 0.3 is 11.8 Å². The van der Waals surface area contributed by atoms with Gasteiger partial charge in [0.1, 0.15) is 12.4 Å². The fraction of sp³-hybridized carbons (Fsp3) is 0.105. The quantitative estimate of drug-likeness (QED) is 0.237. The van der Waals surface area contributed by atoms with Gasteiger partial charge in [-0.15, -0.1) is 6.58 Å². The molecular formula is C19H18N4O5. The molecule has 2 aromatic carbocycles. The van der Waals surface area contributed by atoms with Crippen LogP contribution in [0, 0.1) is 10.1 Å². The molecule has 0 atom stereocenters. The number of hydrogen-bond acceptors (Lipinski definition) is 6. The van der Waals surface area contributed by atoms with Crippen LogP contribution in [0.25, 0.3) is 0 Å². The van der Waals surface area contributed by atoms with E-state index in [9.17, 15) is 19.7 Å². The maximum Gasteiger partial charge on any atom is 0.329 e. The van der Waals surface area contributed by atoms with Crippen molar-refractivity contribution in [1.82, 2.24) is 10.7 Å². The molecule has 0 unspecified atom stereocenters. The van der Waals surface area contributed by atoms with Crippen molar-refractivity contribution < 1.29 is 19.2 Å². The van der Waals surface area contributed by atoms with Crippen LogP contribution < -0.4 is 15.5 Å². The summed E-state index contributed by atoms with van der Waals surface area (Å²) in [4.78, 5) is 32.9. The lowest BCUT2D eigenvalue weighted by Gasteiger charge is -2.06. The van der Waals surface area contributed by atoms with E-state index in [1.54, 1.807) is 36.4 Å². The Hall–Kier alpha value is -4.01. The molecule has 2 amide bonds. The predicted octanol–water partition coefficient (Wildman–Crippen LogP) is 1.93. The number of carbonyl (C=O) groups excluding carboxylic acids is 2.